The number of hydrogen-bond donors (Lipinski definition) is 1. The van der Waals surface area contributed by atoms with Crippen LogP contribution in [0.2, 0.25) is 5.02 Å². The van der Waals surface area contributed by atoms with Crippen LogP contribution in [0.4, 0.5) is 0 Å². The third-order valence-electron chi connectivity index (χ3n) is 3.93. The summed E-state index contributed by atoms with van der Waals surface area (Å²) in [5.74, 6) is 0. The molecular formula is C14H17ClN4. The SMILES string of the molecule is NC1(c2ccc(-n3cncn3)c(Cl)c2)CCCCC1. The Bertz CT molecular complexity index is 559. The van der Waals surface area contributed by atoms with E-state index in [1.165, 1.54) is 25.6 Å². The monoisotopic (exact) mass is 276 g/mol. The van der Waals surface area contributed by atoms with Crippen molar-refractivity contribution in [2.75, 3.05) is 0 Å². The van der Waals surface area contributed by atoms with Gasteiger partial charge in [-0.05, 0) is 30.5 Å². The van der Waals surface area contributed by atoms with Gasteiger partial charge in [-0.15, -0.1) is 0 Å². The zero-order valence-corrected chi connectivity index (χ0v) is 11.5. The average molecular weight is 277 g/mol. The average Bonchev–Trinajstić information content (AvgIpc) is 2.93. The lowest BCUT2D eigenvalue weighted by Gasteiger charge is -2.34. The van der Waals surface area contributed by atoms with Gasteiger partial charge in [-0.1, -0.05) is 36.9 Å². The molecule has 0 radical (unpaired) electrons. The van der Waals surface area contributed by atoms with Crippen molar-refractivity contribution in [1.29, 1.82) is 0 Å². The molecule has 1 fully saturated rings. The molecule has 0 unspecified atom stereocenters. The number of nitrogens with zero attached hydrogens (tertiary/aromatic N) is 3. The number of halogens is 1. The van der Waals surface area contributed by atoms with Crippen molar-refractivity contribution in [3.8, 4) is 5.69 Å². The van der Waals surface area contributed by atoms with Crippen LogP contribution >= 0.6 is 11.6 Å². The van der Waals surface area contributed by atoms with E-state index >= 15 is 0 Å². The van der Waals surface area contributed by atoms with Crippen molar-refractivity contribution in [3.63, 3.8) is 0 Å². The standard InChI is InChI=1S/C14H17ClN4/c15-12-8-11(14(16)6-2-1-3-7-14)4-5-13(12)19-10-17-9-18-19/h4-5,8-10H,1-3,6-7,16H2. The zero-order chi connectivity index (χ0) is 13.3. The second kappa shape index (κ2) is 4.94. The molecule has 4 nitrogen and oxygen atoms in total. The van der Waals surface area contributed by atoms with Gasteiger partial charge in [0.1, 0.15) is 12.7 Å². The molecule has 1 heterocycles. The Labute approximate surface area is 117 Å². The summed E-state index contributed by atoms with van der Waals surface area (Å²) in [5.41, 5.74) is 8.27. The first-order valence-corrected chi connectivity index (χ1v) is 7.01. The van der Waals surface area contributed by atoms with E-state index in [4.69, 9.17) is 17.3 Å². The van der Waals surface area contributed by atoms with Gasteiger partial charge in [-0.3, -0.25) is 0 Å². The summed E-state index contributed by atoms with van der Waals surface area (Å²) in [6.45, 7) is 0. The molecule has 1 aliphatic carbocycles. The molecule has 1 saturated carbocycles. The fourth-order valence-corrected chi connectivity index (χ4v) is 3.07. The predicted molar refractivity (Wildman–Crippen MR) is 75.3 cm³/mol. The lowest BCUT2D eigenvalue weighted by atomic mass is 9.77. The van der Waals surface area contributed by atoms with E-state index in [1.54, 1.807) is 11.0 Å². The molecule has 0 aliphatic heterocycles. The van der Waals surface area contributed by atoms with Crippen molar-refractivity contribution in [1.82, 2.24) is 14.8 Å². The Morgan fingerprint density at radius 2 is 2.00 bits per heavy atom. The molecule has 0 spiro atoms. The quantitative estimate of drug-likeness (QED) is 0.917. The highest BCUT2D eigenvalue weighted by Crippen LogP contribution is 2.36. The van der Waals surface area contributed by atoms with E-state index in [9.17, 15) is 0 Å². The lowest BCUT2D eigenvalue weighted by Crippen LogP contribution is -2.38. The van der Waals surface area contributed by atoms with Crippen LogP contribution in [0.1, 0.15) is 37.7 Å². The van der Waals surface area contributed by atoms with E-state index in [0.717, 1.165) is 24.1 Å². The van der Waals surface area contributed by atoms with Gasteiger partial charge in [-0.25, -0.2) is 9.67 Å². The highest BCUT2D eigenvalue weighted by molar-refractivity contribution is 6.32. The van der Waals surface area contributed by atoms with Crippen LogP contribution in [-0.2, 0) is 5.54 Å². The Hall–Kier alpha value is -1.39. The van der Waals surface area contributed by atoms with Gasteiger partial charge in [0.25, 0.3) is 0 Å². The van der Waals surface area contributed by atoms with Gasteiger partial charge in [0.15, 0.2) is 0 Å². The number of hydrogen-bond acceptors (Lipinski definition) is 3. The minimum Gasteiger partial charge on any atom is -0.321 e. The van der Waals surface area contributed by atoms with Crippen LogP contribution in [0.15, 0.2) is 30.9 Å². The Morgan fingerprint density at radius 1 is 1.21 bits per heavy atom. The van der Waals surface area contributed by atoms with Crippen LogP contribution in [0, 0.1) is 0 Å². The molecule has 2 aromatic rings. The minimum absolute atomic E-state index is 0.219. The predicted octanol–water partition coefficient (Wildman–Crippen LogP) is 3.04. The van der Waals surface area contributed by atoms with Crippen molar-refractivity contribution in [2.24, 2.45) is 5.73 Å². The smallest absolute Gasteiger partial charge is 0.138 e. The Balaban J connectivity index is 1.95. The van der Waals surface area contributed by atoms with E-state index in [0.29, 0.717) is 5.02 Å². The molecule has 0 amide bonds. The van der Waals surface area contributed by atoms with E-state index < -0.39 is 0 Å². The maximum absolute atomic E-state index is 6.52. The fraction of sp³-hybridized carbons (Fsp3) is 0.429. The molecule has 0 saturated heterocycles. The van der Waals surface area contributed by atoms with E-state index in [-0.39, 0.29) is 5.54 Å². The van der Waals surface area contributed by atoms with Crippen molar-refractivity contribution < 1.29 is 0 Å². The molecule has 100 valence electrons. The topological polar surface area (TPSA) is 56.7 Å². The highest BCUT2D eigenvalue weighted by Gasteiger charge is 2.29. The maximum Gasteiger partial charge on any atom is 0.138 e. The molecule has 0 atom stereocenters. The fourth-order valence-electron chi connectivity index (χ4n) is 2.81. The number of rotatable bonds is 2. The van der Waals surface area contributed by atoms with Crippen LogP contribution in [0.5, 0.6) is 0 Å². The van der Waals surface area contributed by atoms with E-state index in [1.807, 2.05) is 12.1 Å². The summed E-state index contributed by atoms with van der Waals surface area (Å²) < 4.78 is 1.66. The van der Waals surface area contributed by atoms with Gasteiger partial charge in [0, 0.05) is 5.54 Å². The maximum atomic E-state index is 6.52. The molecule has 5 heteroatoms. The summed E-state index contributed by atoms with van der Waals surface area (Å²) >= 11 is 6.36. The lowest BCUT2D eigenvalue weighted by molar-refractivity contribution is 0.302. The summed E-state index contributed by atoms with van der Waals surface area (Å²) in [4.78, 5) is 3.93. The third kappa shape index (κ3) is 2.38. The second-order valence-corrected chi connectivity index (χ2v) is 5.63. The summed E-state index contributed by atoms with van der Waals surface area (Å²) in [6.07, 6.45) is 8.87. The largest absolute Gasteiger partial charge is 0.321 e. The van der Waals surface area contributed by atoms with Gasteiger partial charge in [0.05, 0.1) is 10.7 Å². The minimum atomic E-state index is -0.219. The Morgan fingerprint density at radius 3 is 2.63 bits per heavy atom. The normalized spacial score (nSPS) is 18.4. The van der Waals surface area contributed by atoms with Crippen LogP contribution in [-0.4, -0.2) is 14.8 Å². The van der Waals surface area contributed by atoms with Gasteiger partial charge >= 0.3 is 0 Å². The summed E-state index contributed by atoms with van der Waals surface area (Å²) in [6, 6.07) is 6.01. The van der Waals surface area contributed by atoms with Gasteiger partial charge in [-0.2, -0.15) is 5.10 Å². The van der Waals surface area contributed by atoms with Crippen molar-refractivity contribution >= 4 is 11.6 Å². The summed E-state index contributed by atoms with van der Waals surface area (Å²) in [7, 11) is 0. The molecular weight excluding hydrogens is 260 g/mol. The molecule has 19 heavy (non-hydrogen) atoms. The second-order valence-electron chi connectivity index (χ2n) is 5.22. The first-order chi connectivity index (χ1) is 9.19. The number of aromatic nitrogens is 3. The Kier molecular flexibility index (Phi) is 3.29. The zero-order valence-electron chi connectivity index (χ0n) is 10.7. The van der Waals surface area contributed by atoms with Crippen LogP contribution in [0.3, 0.4) is 0 Å². The number of benzene rings is 1. The molecule has 1 aliphatic rings. The van der Waals surface area contributed by atoms with Crippen LogP contribution < -0.4 is 5.73 Å². The van der Waals surface area contributed by atoms with Gasteiger partial charge in [0.2, 0.25) is 0 Å². The molecule has 1 aromatic heterocycles. The highest BCUT2D eigenvalue weighted by atomic mass is 35.5. The van der Waals surface area contributed by atoms with Crippen molar-refractivity contribution in [2.45, 2.75) is 37.6 Å². The first-order valence-electron chi connectivity index (χ1n) is 6.63. The van der Waals surface area contributed by atoms with Crippen LogP contribution in [0.25, 0.3) is 5.69 Å². The molecule has 1 aromatic carbocycles. The first kappa shape index (κ1) is 12.6. The molecule has 2 N–H and O–H groups in total. The third-order valence-corrected chi connectivity index (χ3v) is 4.24. The molecule has 0 bridgehead atoms. The molecule has 3 rings (SSSR count). The van der Waals surface area contributed by atoms with Gasteiger partial charge < -0.3 is 5.73 Å². The van der Waals surface area contributed by atoms with Crippen molar-refractivity contribution in [3.05, 3.63) is 41.4 Å². The summed E-state index contributed by atoms with van der Waals surface area (Å²) in [5, 5.41) is 4.76. The van der Waals surface area contributed by atoms with E-state index in [2.05, 4.69) is 16.1 Å². The number of nitrogens with two attached hydrogens (primary N) is 1.